The van der Waals surface area contributed by atoms with E-state index in [-0.39, 0.29) is 24.4 Å². The molecule has 1 aromatic rings. The fourth-order valence-electron chi connectivity index (χ4n) is 1.67. The summed E-state index contributed by atoms with van der Waals surface area (Å²) in [5.41, 5.74) is 6.94. The monoisotopic (exact) mass is 307 g/mol. The lowest BCUT2D eigenvalue weighted by Crippen LogP contribution is -2.34. The van der Waals surface area contributed by atoms with Crippen molar-refractivity contribution in [1.82, 2.24) is 9.78 Å². The number of nitrogens with two attached hydrogens (primary N) is 1. The van der Waals surface area contributed by atoms with Gasteiger partial charge in [-0.1, -0.05) is 11.6 Å². The number of aryl methyl sites for hydroxylation is 2. The Labute approximate surface area is 117 Å². The van der Waals surface area contributed by atoms with E-state index in [1.54, 1.807) is 18.7 Å². The number of nitrogens with zero attached hydrogens (tertiary/aromatic N) is 2. The quantitative estimate of drug-likeness (QED) is 0.813. The van der Waals surface area contributed by atoms with E-state index in [1.807, 2.05) is 0 Å². The first-order chi connectivity index (χ1) is 8.61. The van der Waals surface area contributed by atoms with Gasteiger partial charge >= 0.3 is 0 Å². The molecule has 0 saturated carbocycles. The van der Waals surface area contributed by atoms with Crippen LogP contribution >= 0.6 is 11.6 Å². The molecule has 0 saturated heterocycles. The highest BCUT2D eigenvalue weighted by atomic mass is 35.5. The average Bonchev–Trinajstić information content (AvgIpc) is 2.51. The Bertz CT molecular complexity index is 580. The normalized spacial score (nSPS) is 13.5. The Morgan fingerprint density at radius 1 is 1.53 bits per heavy atom. The molecule has 2 N–H and O–H groups in total. The van der Waals surface area contributed by atoms with Crippen LogP contribution in [0.5, 0.6) is 0 Å². The second kappa shape index (κ2) is 6.02. The summed E-state index contributed by atoms with van der Waals surface area (Å²) in [6.07, 6.45) is 1.29. The number of rotatable bonds is 6. The Balaban J connectivity index is 2.69. The lowest BCUT2D eigenvalue weighted by Gasteiger charge is -2.10. The van der Waals surface area contributed by atoms with E-state index in [0.717, 1.165) is 6.26 Å². The van der Waals surface area contributed by atoms with Crippen LogP contribution in [0.1, 0.15) is 17.8 Å². The molecule has 0 aromatic carbocycles. The first-order valence-corrected chi connectivity index (χ1v) is 8.19. The summed E-state index contributed by atoms with van der Waals surface area (Å²) >= 11 is 6.04. The van der Waals surface area contributed by atoms with Crippen LogP contribution in [0.2, 0.25) is 5.02 Å². The van der Waals surface area contributed by atoms with Gasteiger partial charge < -0.3 is 5.73 Å². The van der Waals surface area contributed by atoms with Crippen molar-refractivity contribution in [2.24, 2.45) is 12.8 Å². The van der Waals surface area contributed by atoms with Gasteiger partial charge in [-0.05, 0) is 13.3 Å². The summed E-state index contributed by atoms with van der Waals surface area (Å²) < 4.78 is 23.6. The predicted molar refractivity (Wildman–Crippen MR) is 74.0 cm³/mol. The minimum Gasteiger partial charge on any atom is -0.321 e. The van der Waals surface area contributed by atoms with Gasteiger partial charge in [0.2, 0.25) is 0 Å². The fourth-order valence-corrected chi connectivity index (χ4v) is 2.58. The smallest absolute Gasteiger partial charge is 0.155 e. The summed E-state index contributed by atoms with van der Waals surface area (Å²) in [6, 6.07) is -0.805. The van der Waals surface area contributed by atoms with E-state index < -0.39 is 15.9 Å². The molecule has 1 unspecified atom stereocenters. The molecule has 108 valence electrons. The van der Waals surface area contributed by atoms with Crippen molar-refractivity contribution < 1.29 is 13.2 Å². The number of carbonyl (C=O) groups excluding carboxylic acids is 1. The minimum absolute atomic E-state index is 0.0566. The van der Waals surface area contributed by atoms with Crippen LogP contribution in [-0.2, 0) is 28.1 Å². The highest BCUT2D eigenvalue weighted by Crippen LogP contribution is 2.20. The van der Waals surface area contributed by atoms with Crippen LogP contribution in [0.15, 0.2) is 0 Å². The average molecular weight is 308 g/mol. The molecular weight excluding hydrogens is 290 g/mol. The molecule has 0 amide bonds. The summed E-state index contributed by atoms with van der Waals surface area (Å²) in [7, 11) is -1.42. The van der Waals surface area contributed by atoms with Crippen LogP contribution in [0.4, 0.5) is 0 Å². The van der Waals surface area contributed by atoms with Crippen molar-refractivity contribution in [3.63, 3.8) is 0 Å². The molecule has 6 nitrogen and oxygen atoms in total. The van der Waals surface area contributed by atoms with Crippen LogP contribution in [-0.4, -0.2) is 42.0 Å². The van der Waals surface area contributed by atoms with E-state index in [0.29, 0.717) is 16.4 Å². The van der Waals surface area contributed by atoms with Crippen molar-refractivity contribution in [2.45, 2.75) is 25.8 Å². The van der Waals surface area contributed by atoms with Crippen LogP contribution in [0.25, 0.3) is 0 Å². The van der Waals surface area contributed by atoms with Crippen molar-refractivity contribution in [3.05, 3.63) is 16.4 Å². The molecular formula is C11H18ClN3O3S. The van der Waals surface area contributed by atoms with Crippen molar-refractivity contribution >= 4 is 27.2 Å². The maximum absolute atomic E-state index is 11.9. The molecule has 1 atom stereocenters. The number of hydrogen-bond acceptors (Lipinski definition) is 5. The van der Waals surface area contributed by atoms with Gasteiger partial charge in [0.05, 0.1) is 34.6 Å². The second-order valence-corrected chi connectivity index (χ2v) is 7.28. The summed E-state index contributed by atoms with van der Waals surface area (Å²) in [5, 5.41) is 4.55. The zero-order chi connectivity index (χ0) is 14.8. The van der Waals surface area contributed by atoms with Gasteiger partial charge in [0.25, 0.3) is 0 Å². The summed E-state index contributed by atoms with van der Waals surface area (Å²) in [5.74, 6) is -0.341. The zero-order valence-corrected chi connectivity index (χ0v) is 12.8. The highest BCUT2D eigenvalue weighted by molar-refractivity contribution is 7.90. The lowest BCUT2D eigenvalue weighted by molar-refractivity contribution is -0.119. The van der Waals surface area contributed by atoms with Crippen molar-refractivity contribution in [1.29, 1.82) is 0 Å². The predicted octanol–water partition coefficient (Wildman–Crippen LogP) is 0.256. The molecule has 8 heteroatoms. The number of carbonyl (C=O) groups is 1. The Morgan fingerprint density at radius 2 is 2.11 bits per heavy atom. The van der Waals surface area contributed by atoms with Crippen LogP contribution < -0.4 is 5.73 Å². The first kappa shape index (κ1) is 16.1. The molecule has 19 heavy (non-hydrogen) atoms. The van der Waals surface area contributed by atoms with E-state index in [1.165, 1.54) is 0 Å². The molecule has 0 fully saturated rings. The summed E-state index contributed by atoms with van der Waals surface area (Å²) in [4.78, 5) is 11.9. The molecule has 0 aliphatic rings. The van der Waals surface area contributed by atoms with E-state index in [4.69, 9.17) is 17.3 Å². The number of hydrogen-bond donors (Lipinski definition) is 1. The fraction of sp³-hybridized carbons (Fsp3) is 0.636. The largest absolute Gasteiger partial charge is 0.321 e. The van der Waals surface area contributed by atoms with Gasteiger partial charge in [-0.15, -0.1) is 0 Å². The molecule has 0 radical (unpaired) electrons. The number of ketones is 1. The van der Waals surface area contributed by atoms with Gasteiger partial charge in [0, 0.05) is 13.3 Å². The third-order valence-corrected chi connectivity index (χ3v) is 4.29. The molecule has 0 spiro atoms. The maximum atomic E-state index is 11.9. The molecule has 0 bridgehead atoms. The van der Waals surface area contributed by atoms with E-state index in [9.17, 15) is 13.2 Å². The number of aromatic nitrogens is 2. The Morgan fingerprint density at radius 3 is 2.53 bits per heavy atom. The van der Waals surface area contributed by atoms with Gasteiger partial charge in [0.1, 0.15) is 9.84 Å². The van der Waals surface area contributed by atoms with Crippen molar-refractivity contribution in [3.8, 4) is 0 Å². The van der Waals surface area contributed by atoms with E-state index >= 15 is 0 Å². The van der Waals surface area contributed by atoms with Gasteiger partial charge in [0.15, 0.2) is 5.78 Å². The number of sulfone groups is 1. The first-order valence-electron chi connectivity index (χ1n) is 5.76. The zero-order valence-electron chi connectivity index (χ0n) is 11.2. The van der Waals surface area contributed by atoms with Gasteiger partial charge in [-0.2, -0.15) is 5.10 Å². The SMILES string of the molecule is Cc1nn(C)c(CC(=O)C(N)CCS(C)(=O)=O)c1Cl. The molecule has 1 aromatic heterocycles. The second-order valence-electron chi connectivity index (χ2n) is 4.64. The Kier molecular flexibility index (Phi) is 5.11. The Hall–Kier alpha value is -0.920. The molecule has 1 rings (SSSR count). The topological polar surface area (TPSA) is 95.0 Å². The van der Waals surface area contributed by atoms with Crippen molar-refractivity contribution in [2.75, 3.05) is 12.0 Å². The number of Topliss-reactive ketones (excluding diaryl/α,β-unsaturated/α-hetero) is 1. The van der Waals surface area contributed by atoms with Gasteiger partial charge in [-0.3, -0.25) is 9.48 Å². The molecule has 0 aliphatic carbocycles. The third-order valence-electron chi connectivity index (χ3n) is 2.82. The summed E-state index contributed by atoms with van der Waals surface area (Å²) in [6.45, 7) is 1.75. The van der Waals surface area contributed by atoms with Crippen LogP contribution in [0.3, 0.4) is 0 Å². The maximum Gasteiger partial charge on any atom is 0.155 e. The lowest BCUT2D eigenvalue weighted by atomic mass is 10.1. The molecule has 0 aliphatic heterocycles. The van der Waals surface area contributed by atoms with Crippen LogP contribution in [0, 0.1) is 6.92 Å². The van der Waals surface area contributed by atoms with E-state index in [2.05, 4.69) is 5.10 Å². The highest BCUT2D eigenvalue weighted by Gasteiger charge is 2.20. The molecule has 1 heterocycles. The minimum atomic E-state index is -3.11. The number of halogens is 1. The van der Waals surface area contributed by atoms with Gasteiger partial charge in [-0.25, -0.2) is 8.42 Å². The third kappa shape index (κ3) is 4.59. The standard InChI is InChI=1S/C11H18ClN3O3S/c1-7-11(12)9(15(2)14-7)6-10(16)8(13)4-5-19(3,17)18/h8H,4-6,13H2,1-3H3.